The van der Waals surface area contributed by atoms with Crippen LogP contribution in [0.4, 0.5) is 0 Å². The number of tetrazole rings is 1. The van der Waals surface area contributed by atoms with Gasteiger partial charge in [-0.3, -0.25) is 0 Å². The predicted molar refractivity (Wildman–Crippen MR) is 106 cm³/mol. The van der Waals surface area contributed by atoms with Gasteiger partial charge in [-0.1, -0.05) is 18.2 Å². The number of hydrogen-bond acceptors (Lipinski definition) is 6. The minimum absolute atomic E-state index is 0.0900. The van der Waals surface area contributed by atoms with Crippen LogP contribution in [0.15, 0.2) is 59.8 Å². The second kappa shape index (κ2) is 6.70. The number of nitrogens with zero attached hydrogens (tertiary/aromatic N) is 5. The Bertz CT molecular complexity index is 1280. The molecule has 0 atom stereocenters. The Morgan fingerprint density at radius 2 is 1.90 bits per heavy atom. The average Bonchev–Trinajstić information content (AvgIpc) is 3.28. The van der Waals surface area contributed by atoms with Crippen LogP contribution in [0.25, 0.3) is 10.9 Å². The molecule has 2 aromatic heterocycles. The van der Waals surface area contributed by atoms with Gasteiger partial charge in [0.05, 0.1) is 17.2 Å². The predicted octanol–water partition coefficient (Wildman–Crippen LogP) is 2.69. The van der Waals surface area contributed by atoms with E-state index in [2.05, 4.69) is 20.1 Å². The van der Waals surface area contributed by atoms with E-state index < -0.39 is 9.84 Å². The van der Waals surface area contributed by atoms with Crippen molar-refractivity contribution in [3.05, 3.63) is 66.1 Å². The lowest BCUT2D eigenvalue weighted by Crippen LogP contribution is -2.09. The lowest BCUT2D eigenvalue weighted by Gasteiger charge is -2.11. The molecule has 1 N–H and O–H groups in total. The summed E-state index contributed by atoms with van der Waals surface area (Å²) in [6.45, 7) is 0.301. The van der Waals surface area contributed by atoms with Gasteiger partial charge in [0, 0.05) is 28.2 Å². The standard InChI is InChI=1S/C20H19N5O3S/c26-20-9-8-19-17(18(20)11-24-13-21-22-23-24)10-15(25(19)14-6-7-14)12-29(27,28)16-4-2-1-3-5-16/h1-5,8-10,13-14,26H,6-7,11-12H2. The zero-order valence-electron chi connectivity index (χ0n) is 15.5. The topological polar surface area (TPSA) is 103 Å². The van der Waals surface area contributed by atoms with Crippen molar-refractivity contribution in [1.29, 1.82) is 0 Å². The maximum absolute atomic E-state index is 13.0. The highest BCUT2D eigenvalue weighted by Crippen LogP contribution is 2.42. The van der Waals surface area contributed by atoms with E-state index in [4.69, 9.17) is 0 Å². The van der Waals surface area contributed by atoms with Crippen molar-refractivity contribution in [2.45, 2.75) is 36.1 Å². The van der Waals surface area contributed by atoms with Crippen molar-refractivity contribution in [3.8, 4) is 5.75 Å². The first kappa shape index (κ1) is 17.9. The molecule has 0 amide bonds. The number of phenols is 1. The van der Waals surface area contributed by atoms with Crippen LogP contribution in [0.2, 0.25) is 0 Å². The van der Waals surface area contributed by atoms with E-state index in [0.717, 1.165) is 29.4 Å². The first-order chi connectivity index (χ1) is 14.0. The molecule has 1 aliphatic carbocycles. The smallest absolute Gasteiger partial charge is 0.183 e. The zero-order chi connectivity index (χ0) is 20.0. The quantitative estimate of drug-likeness (QED) is 0.525. The Balaban J connectivity index is 1.63. The summed E-state index contributed by atoms with van der Waals surface area (Å²) in [5.41, 5.74) is 2.33. The summed E-state index contributed by atoms with van der Waals surface area (Å²) in [4.78, 5) is 0.310. The Morgan fingerprint density at radius 3 is 2.59 bits per heavy atom. The second-order valence-electron chi connectivity index (χ2n) is 7.31. The summed E-state index contributed by atoms with van der Waals surface area (Å²) in [7, 11) is -3.48. The highest BCUT2D eigenvalue weighted by Gasteiger charge is 2.30. The first-order valence-corrected chi connectivity index (χ1v) is 11.0. The van der Waals surface area contributed by atoms with Crippen LogP contribution in [-0.2, 0) is 22.1 Å². The lowest BCUT2D eigenvalue weighted by atomic mass is 10.1. The van der Waals surface area contributed by atoms with Crippen LogP contribution in [0.5, 0.6) is 5.75 Å². The highest BCUT2D eigenvalue weighted by molar-refractivity contribution is 7.90. The Hall–Kier alpha value is -3.20. The summed E-state index contributed by atoms with van der Waals surface area (Å²) < 4.78 is 29.6. The van der Waals surface area contributed by atoms with Crippen LogP contribution >= 0.6 is 0 Å². The van der Waals surface area contributed by atoms with Gasteiger partial charge in [-0.2, -0.15) is 0 Å². The van der Waals surface area contributed by atoms with Crippen molar-refractivity contribution in [2.75, 3.05) is 0 Å². The largest absolute Gasteiger partial charge is 0.508 e. The SMILES string of the molecule is O=S(=O)(Cc1cc2c(Cn3cnnn3)c(O)ccc2n1C1CC1)c1ccccc1. The van der Waals surface area contributed by atoms with Gasteiger partial charge in [0.1, 0.15) is 12.1 Å². The fourth-order valence-electron chi connectivity index (χ4n) is 3.76. The maximum atomic E-state index is 13.0. The van der Waals surface area contributed by atoms with Crippen molar-refractivity contribution >= 4 is 20.7 Å². The summed E-state index contributed by atoms with van der Waals surface area (Å²) >= 11 is 0. The zero-order valence-corrected chi connectivity index (χ0v) is 16.3. The molecule has 4 aromatic rings. The number of phenolic OH excluding ortho intramolecular Hbond substituents is 1. The number of rotatable bonds is 6. The van der Waals surface area contributed by atoms with Crippen molar-refractivity contribution in [1.82, 2.24) is 24.8 Å². The summed E-state index contributed by atoms with van der Waals surface area (Å²) in [6.07, 6.45) is 3.52. The normalized spacial score (nSPS) is 14.5. The molecule has 0 unspecified atom stereocenters. The van der Waals surface area contributed by atoms with E-state index in [-0.39, 0.29) is 11.5 Å². The highest BCUT2D eigenvalue weighted by atomic mass is 32.2. The molecule has 2 heterocycles. The molecular weight excluding hydrogens is 390 g/mol. The Kier molecular flexibility index (Phi) is 4.13. The molecule has 0 saturated heterocycles. The third-order valence-corrected chi connectivity index (χ3v) is 6.92. The molecule has 0 bridgehead atoms. The maximum Gasteiger partial charge on any atom is 0.183 e. The fourth-order valence-corrected chi connectivity index (χ4v) is 5.11. The third kappa shape index (κ3) is 3.27. The molecule has 9 heteroatoms. The van der Waals surface area contributed by atoms with Crippen LogP contribution in [-0.4, -0.2) is 38.3 Å². The molecule has 2 aromatic carbocycles. The number of hydrogen-bond donors (Lipinski definition) is 1. The first-order valence-electron chi connectivity index (χ1n) is 9.36. The molecule has 0 aliphatic heterocycles. The van der Waals surface area contributed by atoms with E-state index >= 15 is 0 Å². The molecule has 1 saturated carbocycles. The lowest BCUT2D eigenvalue weighted by molar-refractivity contribution is 0.464. The Morgan fingerprint density at radius 1 is 1.10 bits per heavy atom. The summed E-state index contributed by atoms with van der Waals surface area (Å²) in [5.74, 6) is 0.0474. The van der Waals surface area contributed by atoms with Gasteiger partial charge in [-0.05, 0) is 53.6 Å². The molecule has 148 valence electrons. The molecule has 1 aliphatic rings. The van der Waals surface area contributed by atoms with Crippen LogP contribution in [0, 0.1) is 0 Å². The molecule has 1 fully saturated rings. The summed E-state index contributed by atoms with van der Waals surface area (Å²) in [6, 6.07) is 14.2. The third-order valence-electron chi connectivity index (χ3n) is 5.25. The van der Waals surface area contributed by atoms with Gasteiger partial charge in [-0.15, -0.1) is 5.10 Å². The number of aromatic nitrogens is 5. The van der Waals surface area contributed by atoms with E-state index in [1.807, 2.05) is 12.1 Å². The summed E-state index contributed by atoms with van der Waals surface area (Å²) in [5, 5.41) is 22.4. The van der Waals surface area contributed by atoms with Crippen LogP contribution < -0.4 is 0 Å². The van der Waals surface area contributed by atoms with Crippen LogP contribution in [0.1, 0.15) is 30.1 Å². The number of fused-ring (bicyclic) bond motifs is 1. The van der Waals surface area contributed by atoms with Gasteiger partial charge in [-0.25, -0.2) is 13.1 Å². The molecule has 0 spiro atoms. The van der Waals surface area contributed by atoms with Crippen molar-refractivity contribution < 1.29 is 13.5 Å². The molecule has 0 radical (unpaired) electrons. The van der Waals surface area contributed by atoms with Gasteiger partial charge in [0.25, 0.3) is 0 Å². The van der Waals surface area contributed by atoms with E-state index in [0.29, 0.717) is 23.0 Å². The average molecular weight is 409 g/mol. The number of aromatic hydroxyl groups is 1. The van der Waals surface area contributed by atoms with Crippen molar-refractivity contribution in [2.24, 2.45) is 0 Å². The fraction of sp³-hybridized carbons (Fsp3) is 0.250. The number of benzene rings is 2. The van der Waals surface area contributed by atoms with Gasteiger partial charge in [0.2, 0.25) is 0 Å². The Labute approximate surface area is 167 Å². The molecule has 29 heavy (non-hydrogen) atoms. The minimum atomic E-state index is -3.48. The molecule has 8 nitrogen and oxygen atoms in total. The monoisotopic (exact) mass is 409 g/mol. The van der Waals surface area contributed by atoms with E-state index in [1.54, 1.807) is 36.4 Å². The second-order valence-corrected chi connectivity index (χ2v) is 9.30. The molecular formula is C20H19N5O3S. The number of sulfone groups is 1. The van der Waals surface area contributed by atoms with Crippen LogP contribution in [0.3, 0.4) is 0 Å². The van der Waals surface area contributed by atoms with E-state index in [9.17, 15) is 13.5 Å². The van der Waals surface area contributed by atoms with Gasteiger partial charge < -0.3 is 9.67 Å². The molecule has 5 rings (SSSR count). The van der Waals surface area contributed by atoms with Crippen molar-refractivity contribution in [3.63, 3.8) is 0 Å². The van der Waals surface area contributed by atoms with Gasteiger partial charge >= 0.3 is 0 Å². The van der Waals surface area contributed by atoms with Gasteiger partial charge in [0.15, 0.2) is 9.84 Å². The van der Waals surface area contributed by atoms with E-state index in [1.165, 1.54) is 11.0 Å². The minimum Gasteiger partial charge on any atom is -0.508 e.